The van der Waals surface area contributed by atoms with Crippen LogP contribution in [0.4, 0.5) is 0 Å². The molecule has 0 aliphatic heterocycles. The highest BCUT2D eigenvalue weighted by Crippen LogP contribution is 2.32. The third-order valence-corrected chi connectivity index (χ3v) is 6.27. The Kier molecular flexibility index (Phi) is 5.67. The standard InChI is InChI=1S/C33H28/c1-23-17-24(2)19-32(18-23)30-14-7-12-28(21-30)26-10-6-11-27(20-26)29-13-8-15-31(22-29)33-16-5-4-9-25(33)3/h4-22H,1-3H3. The second kappa shape index (κ2) is 8.92. The summed E-state index contributed by atoms with van der Waals surface area (Å²) < 4.78 is 0. The zero-order valence-electron chi connectivity index (χ0n) is 19.5. The zero-order chi connectivity index (χ0) is 22.8. The minimum atomic E-state index is 1.24. The summed E-state index contributed by atoms with van der Waals surface area (Å²) in [7, 11) is 0. The van der Waals surface area contributed by atoms with Crippen molar-refractivity contribution in [3.05, 3.63) is 132 Å². The fourth-order valence-corrected chi connectivity index (χ4v) is 4.66. The van der Waals surface area contributed by atoms with Crippen LogP contribution in [0.2, 0.25) is 0 Å². The molecule has 0 nitrogen and oxygen atoms in total. The summed E-state index contributed by atoms with van der Waals surface area (Å²) >= 11 is 0. The summed E-state index contributed by atoms with van der Waals surface area (Å²) in [4.78, 5) is 0. The molecule has 0 radical (unpaired) electrons. The Morgan fingerprint density at radius 3 is 1.27 bits per heavy atom. The van der Waals surface area contributed by atoms with Crippen LogP contribution in [0.5, 0.6) is 0 Å². The lowest BCUT2D eigenvalue weighted by molar-refractivity contribution is 1.38. The fraction of sp³-hybridized carbons (Fsp3) is 0.0909. The Morgan fingerprint density at radius 1 is 0.333 bits per heavy atom. The van der Waals surface area contributed by atoms with Crippen LogP contribution < -0.4 is 0 Å². The van der Waals surface area contributed by atoms with E-state index in [2.05, 4.69) is 136 Å². The average molecular weight is 425 g/mol. The van der Waals surface area contributed by atoms with Crippen molar-refractivity contribution < 1.29 is 0 Å². The van der Waals surface area contributed by atoms with Gasteiger partial charge in [0.25, 0.3) is 0 Å². The van der Waals surface area contributed by atoms with Crippen molar-refractivity contribution in [2.24, 2.45) is 0 Å². The predicted octanol–water partition coefficient (Wildman–Crippen LogP) is 9.28. The highest BCUT2D eigenvalue weighted by molar-refractivity contribution is 5.79. The van der Waals surface area contributed by atoms with Gasteiger partial charge in [0.05, 0.1) is 0 Å². The van der Waals surface area contributed by atoms with Crippen molar-refractivity contribution in [2.75, 3.05) is 0 Å². The van der Waals surface area contributed by atoms with E-state index in [1.807, 2.05) is 0 Å². The van der Waals surface area contributed by atoms with Gasteiger partial charge in [-0.2, -0.15) is 0 Å². The number of benzene rings is 5. The molecule has 0 bridgehead atoms. The van der Waals surface area contributed by atoms with Gasteiger partial charge in [-0.15, -0.1) is 0 Å². The average Bonchev–Trinajstić information content (AvgIpc) is 2.84. The molecule has 5 rings (SSSR count). The van der Waals surface area contributed by atoms with E-state index >= 15 is 0 Å². The van der Waals surface area contributed by atoms with E-state index in [0.717, 1.165) is 0 Å². The first kappa shape index (κ1) is 21.0. The van der Waals surface area contributed by atoms with Crippen LogP contribution in [0.3, 0.4) is 0 Å². The van der Waals surface area contributed by atoms with Gasteiger partial charge in [-0.1, -0.05) is 108 Å². The third kappa shape index (κ3) is 4.52. The third-order valence-electron chi connectivity index (χ3n) is 6.27. The van der Waals surface area contributed by atoms with Gasteiger partial charge in [0.2, 0.25) is 0 Å². The van der Waals surface area contributed by atoms with Crippen molar-refractivity contribution in [3.8, 4) is 44.5 Å². The number of aryl methyl sites for hydroxylation is 3. The molecule has 5 aromatic carbocycles. The van der Waals surface area contributed by atoms with Crippen LogP contribution in [0.15, 0.2) is 115 Å². The van der Waals surface area contributed by atoms with E-state index < -0.39 is 0 Å². The molecule has 0 amide bonds. The van der Waals surface area contributed by atoms with Crippen molar-refractivity contribution >= 4 is 0 Å². The van der Waals surface area contributed by atoms with E-state index in [9.17, 15) is 0 Å². The molecule has 0 spiro atoms. The van der Waals surface area contributed by atoms with Gasteiger partial charge in [-0.3, -0.25) is 0 Å². The van der Waals surface area contributed by atoms with Crippen molar-refractivity contribution in [2.45, 2.75) is 20.8 Å². The smallest absolute Gasteiger partial charge is 0.0155 e. The first-order chi connectivity index (χ1) is 16.1. The SMILES string of the molecule is Cc1cc(C)cc(-c2cccc(-c3cccc(-c4cccc(-c5ccccc5C)c4)c3)c2)c1. The molecule has 0 N–H and O–H groups in total. The molecule has 160 valence electrons. The minimum absolute atomic E-state index is 1.24. The molecule has 0 aromatic heterocycles. The minimum Gasteiger partial charge on any atom is -0.0620 e. The molecule has 0 saturated carbocycles. The molecule has 0 heterocycles. The molecular formula is C33H28. The van der Waals surface area contributed by atoms with E-state index in [1.165, 1.54) is 61.2 Å². The van der Waals surface area contributed by atoms with Crippen molar-refractivity contribution in [1.82, 2.24) is 0 Å². The Balaban J connectivity index is 1.52. The highest BCUT2D eigenvalue weighted by atomic mass is 14.1. The lowest BCUT2D eigenvalue weighted by atomic mass is 9.93. The van der Waals surface area contributed by atoms with Crippen LogP contribution in [-0.2, 0) is 0 Å². The first-order valence-electron chi connectivity index (χ1n) is 11.5. The van der Waals surface area contributed by atoms with Crippen LogP contribution >= 0.6 is 0 Å². The van der Waals surface area contributed by atoms with Crippen molar-refractivity contribution in [3.63, 3.8) is 0 Å². The second-order valence-electron chi connectivity index (χ2n) is 8.93. The predicted molar refractivity (Wildman–Crippen MR) is 142 cm³/mol. The Morgan fingerprint density at radius 2 is 0.758 bits per heavy atom. The highest BCUT2D eigenvalue weighted by Gasteiger charge is 2.07. The molecule has 5 aromatic rings. The van der Waals surface area contributed by atoms with Gasteiger partial charge in [-0.05, 0) is 89.0 Å². The largest absolute Gasteiger partial charge is 0.0620 e. The molecule has 0 saturated heterocycles. The van der Waals surface area contributed by atoms with Crippen LogP contribution in [0.25, 0.3) is 44.5 Å². The van der Waals surface area contributed by atoms with Crippen LogP contribution in [0, 0.1) is 20.8 Å². The number of rotatable bonds is 4. The number of hydrogen-bond acceptors (Lipinski definition) is 0. The van der Waals surface area contributed by atoms with Gasteiger partial charge in [-0.25, -0.2) is 0 Å². The Bertz CT molecular complexity index is 1420. The van der Waals surface area contributed by atoms with Gasteiger partial charge in [0.15, 0.2) is 0 Å². The lowest BCUT2D eigenvalue weighted by Gasteiger charge is -2.11. The summed E-state index contributed by atoms with van der Waals surface area (Å²) in [6, 6.07) is 41.9. The first-order valence-corrected chi connectivity index (χ1v) is 11.5. The van der Waals surface area contributed by atoms with E-state index in [0.29, 0.717) is 0 Å². The summed E-state index contributed by atoms with van der Waals surface area (Å²) in [5, 5.41) is 0. The molecule has 0 unspecified atom stereocenters. The maximum Gasteiger partial charge on any atom is -0.0155 e. The summed E-state index contributed by atoms with van der Waals surface area (Å²) in [6.45, 7) is 6.50. The Hall–Kier alpha value is -3.90. The molecule has 0 atom stereocenters. The quantitative estimate of drug-likeness (QED) is 0.270. The van der Waals surface area contributed by atoms with E-state index in [-0.39, 0.29) is 0 Å². The maximum atomic E-state index is 2.30. The zero-order valence-corrected chi connectivity index (χ0v) is 19.5. The lowest BCUT2D eigenvalue weighted by Crippen LogP contribution is -1.86. The van der Waals surface area contributed by atoms with E-state index in [1.54, 1.807) is 0 Å². The molecule has 33 heavy (non-hydrogen) atoms. The molecule has 0 aliphatic rings. The topological polar surface area (TPSA) is 0 Å². The van der Waals surface area contributed by atoms with Gasteiger partial charge < -0.3 is 0 Å². The molecule has 0 aliphatic carbocycles. The van der Waals surface area contributed by atoms with Crippen LogP contribution in [-0.4, -0.2) is 0 Å². The van der Waals surface area contributed by atoms with E-state index in [4.69, 9.17) is 0 Å². The number of hydrogen-bond donors (Lipinski definition) is 0. The summed E-state index contributed by atoms with van der Waals surface area (Å²) in [5.41, 5.74) is 13.9. The maximum absolute atomic E-state index is 2.30. The molecular weight excluding hydrogens is 396 g/mol. The Labute approximate surface area is 197 Å². The van der Waals surface area contributed by atoms with Gasteiger partial charge in [0.1, 0.15) is 0 Å². The molecule has 0 fully saturated rings. The fourth-order valence-electron chi connectivity index (χ4n) is 4.66. The monoisotopic (exact) mass is 424 g/mol. The summed E-state index contributed by atoms with van der Waals surface area (Å²) in [6.07, 6.45) is 0. The molecule has 0 heteroatoms. The summed E-state index contributed by atoms with van der Waals surface area (Å²) in [5.74, 6) is 0. The van der Waals surface area contributed by atoms with Crippen molar-refractivity contribution in [1.29, 1.82) is 0 Å². The normalized spacial score (nSPS) is 10.9. The van der Waals surface area contributed by atoms with Gasteiger partial charge >= 0.3 is 0 Å². The van der Waals surface area contributed by atoms with Gasteiger partial charge in [0, 0.05) is 0 Å². The van der Waals surface area contributed by atoms with Crippen LogP contribution in [0.1, 0.15) is 16.7 Å². The second-order valence-corrected chi connectivity index (χ2v) is 8.93.